The minimum absolute atomic E-state index is 0.891. The van der Waals surface area contributed by atoms with Crippen molar-refractivity contribution in [2.24, 2.45) is 0 Å². The molecule has 0 fully saturated rings. The first-order chi connectivity index (χ1) is 19.8. The van der Waals surface area contributed by atoms with Gasteiger partial charge in [-0.15, -0.1) is 0 Å². The van der Waals surface area contributed by atoms with Crippen molar-refractivity contribution in [2.75, 3.05) is 0 Å². The standard InChI is InChI=1S/C36H21N2OP/c1-3-10-22(11-4-1)40(23-12-5-2-6-13-23)24-18-19-25-31(20-24)39-32-21-28-33-26(34(25)32)14-9-15-27(33)35-36(28)38-30-17-8-7-16-29(30)37-35/h1-21H/p+1. The van der Waals surface area contributed by atoms with Gasteiger partial charge in [-0.25, -0.2) is 9.97 Å². The van der Waals surface area contributed by atoms with E-state index < -0.39 is 7.92 Å². The molecular weight excluding hydrogens is 507 g/mol. The van der Waals surface area contributed by atoms with Gasteiger partial charge in [0, 0.05) is 33.4 Å². The number of nitrogens with zero attached hydrogens (tertiary/aromatic N) is 2. The average molecular weight is 530 g/mol. The number of fused-ring (bicyclic) bond motifs is 8. The highest BCUT2D eigenvalue weighted by molar-refractivity contribution is 7.79. The predicted molar refractivity (Wildman–Crippen MR) is 169 cm³/mol. The summed E-state index contributed by atoms with van der Waals surface area (Å²) >= 11 is 0. The van der Waals surface area contributed by atoms with Crippen LogP contribution in [-0.2, 0) is 0 Å². The van der Waals surface area contributed by atoms with Gasteiger partial charge in [0.1, 0.15) is 27.1 Å². The summed E-state index contributed by atoms with van der Waals surface area (Å²) in [6, 6.07) is 45.3. The van der Waals surface area contributed by atoms with E-state index in [1.165, 1.54) is 26.7 Å². The smallest absolute Gasteiger partial charge is 0.139 e. The van der Waals surface area contributed by atoms with Crippen molar-refractivity contribution < 1.29 is 4.42 Å². The molecule has 186 valence electrons. The average Bonchev–Trinajstić information content (AvgIpc) is 3.53. The van der Waals surface area contributed by atoms with Gasteiger partial charge in [0.25, 0.3) is 0 Å². The van der Waals surface area contributed by atoms with Gasteiger partial charge < -0.3 is 4.42 Å². The van der Waals surface area contributed by atoms with Crippen molar-refractivity contribution >= 4 is 67.6 Å². The van der Waals surface area contributed by atoms with E-state index in [0.29, 0.717) is 0 Å². The van der Waals surface area contributed by atoms with Crippen molar-refractivity contribution in [3.63, 3.8) is 0 Å². The van der Waals surface area contributed by atoms with E-state index in [1.54, 1.807) is 0 Å². The van der Waals surface area contributed by atoms with Crippen molar-refractivity contribution in [3.05, 3.63) is 127 Å². The number of hydrogen-bond acceptors (Lipinski definition) is 3. The van der Waals surface area contributed by atoms with Crippen LogP contribution < -0.4 is 15.9 Å². The molecule has 9 rings (SSSR count). The summed E-state index contributed by atoms with van der Waals surface area (Å²) in [7, 11) is -1.19. The molecule has 40 heavy (non-hydrogen) atoms. The van der Waals surface area contributed by atoms with Gasteiger partial charge in [0.2, 0.25) is 0 Å². The van der Waals surface area contributed by atoms with E-state index >= 15 is 0 Å². The molecule has 2 aromatic heterocycles. The topological polar surface area (TPSA) is 38.9 Å². The van der Waals surface area contributed by atoms with E-state index in [-0.39, 0.29) is 0 Å². The number of benzene rings is 6. The maximum Gasteiger partial charge on any atom is 0.139 e. The maximum atomic E-state index is 6.66. The second kappa shape index (κ2) is 8.32. The number of furan rings is 1. The van der Waals surface area contributed by atoms with Crippen LogP contribution in [0.4, 0.5) is 0 Å². The third-order valence-electron chi connectivity index (χ3n) is 8.09. The normalized spacial score (nSPS) is 12.2. The Hall–Kier alpha value is -4.85. The van der Waals surface area contributed by atoms with Crippen LogP contribution in [-0.4, -0.2) is 9.97 Å². The molecule has 0 bridgehead atoms. The van der Waals surface area contributed by atoms with Gasteiger partial charge in [0.05, 0.1) is 30.3 Å². The molecule has 0 saturated carbocycles. The fraction of sp³-hybridized carbons (Fsp3) is 0. The van der Waals surface area contributed by atoms with Gasteiger partial charge in [0.15, 0.2) is 0 Å². The lowest BCUT2D eigenvalue weighted by molar-refractivity contribution is 0.669. The van der Waals surface area contributed by atoms with Crippen molar-refractivity contribution in [2.45, 2.75) is 0 Å². The zero-order valence-electron chi connectivity index (χ0n) is 21.4. The minimum Gasteiger partial charge on any atom is -0.456 e. The Labute approximate surface area is 231 Å². The molecule has 4 heteroatoms. The molecule has 0 aliphatic heterocycles. The Bertz CT molecular complexity index is 2230. The van der Waals surface area contributed by atoms with Crippen molar-refractivity contribution in [1.29, 1.82) is 0 Å². The zero-order chi connectivity index (χ0) is 26.2. The van der Waals surface area contributed by atoms with Gasteiger partial charge in [-0.05, 0) is 60.0 Å². The van der Waals surface area contributed by atoms with E-state index in [0.717, 1.165) is 55.5 Å². The minimum atomic E-state index is -1.19. The number of hydrogen-bond donors (Lipinski definition) is 0. The lowest BCUT2D eigenvalue weighted by atomic mass is 9.99. The van der Waals surface area contributed by atoms with Gasteiger partial charge in [-0.3, -0.25) is 0 Å². The molecular formula is C36H22N2OP+. The highest BCUT2D eigenvalue weighted by atomic mass is 31.1. The molecule has 8 aromatic rings. The summed E-state index contributed by atoms with van der Waals surface area (Å²) in [6.07, 6.45) is 0. The molecule has 0 atom stereocenters. The Kier molecular flexibility index (Phi) is 4.58. The van der Waals surface area contributed by atoms with E-state index in [4.69, 9.17) is 14.4 Å². The lowest BCUT2D eigenvalue weighted by Crippen LogP contribution is -2.20. The summed E-state index contributed by atoms with van der Waals surface area (Å²) in [4.78, 5) is 10.1. The summed E-state index contributed by atoms with van der Waals surface area (Å²) in [5.41, 5.74) is 7.79. The number of rotatable bonds is 3. The van der Waals surface area contributed by atoms with Gasteiger partial charge in [-0.1, -0.05) is 66.7 Å². The van der Waals surface area contributed by atoms with E-state index in [9.17, 15) is 0 Å². The van der Waals surface area contributed by atoms with Crippen molar-refractivity contribution in [3.8, 4) is 22.5 Å². The molecule has 0 unspecified atom stereocenters. The monoisotopic (exact) mass is 529 g/mol. The van der Waals surface area contributed by atoms with Crippen LogP contribution >= 0.6 is 7.92 Å². The molecule has 2 heterocycles. The second-order valence-corrected chi connectivity index (χ2v) is 12.8. The number of para-hydroxylation sites is 2. The Morgan fingerprint density at radius 2 is 1.10 bits per heavy atom. The molecule has 0 saturated heterocycles. The van der Waals surface area contributed by atoms with E-state index in [2.05, 4.69) is 103 Å². The molecule has 0 N–H and O–H groups in total. The van der Waals surface area contributed by atoms with Crippen molar-refractivity contribution in [1.82, 2.24) is 9.97 Å². The van der Waals surface area contributed by atoms with Crippen LogP contribution in [0, 0.1) is 0 Å². The molecule has 6 aromatic carbocycles. The third-order valence-corrected chi connectivity index (χ3v) is 10.8. The zero-order valence-corrected chi connectivity index (χ0v) is 22.4. The summed E-state index contributed by atoms with van der Waals surface area (Å²) in [5.74, 6) is 0. The first-order valence-electron chi connectivity index (χ1n) is 13.5. The predicted octanol–water partition coefficient (Wildman–Crippen LogP) is 7.82. The quantitative estimate of drug-likeness (QED) is 0.219. The summed E-state index contributed by atoms with van der Waals surface area (Å²) in [5, 5.41) is 8.75. The van der Waals surface area contributed by atoms with Gasteiger partial charge >= 0.3 is 0 Å². The fourth-order valence-electron chi connectivity index (χ4n) is 6.37. The van der Waals surface area contributed by atoms with Crippen LogP contribution in [0.15, 0.2) is 132 Å². The fourth-order valence-corrected chi connectivity index (χ4v) is 8.95. The maximum absolute atomic E-state index is 6.66. The Morgan fingerprint density at radius 1 is 0.450 bits per heavy atom. The first-order valence-corrected chi connectivity index (χ1v) is 15.0. The van der Waals surface area contributed by atoms with Crippen LogP contribution in [0.1, 0.15) is 0 Å². The molecule has 0 spiro atoms. The first kappa shape index (κ1) is 22.0. The Morgan fingerprint density at radius 3 is 1.80 bits per heavy atom. The molecule has 1 aliphatic rings. The van der Waals surface area contributed by atoms with Crippen LogP contribution in [0.5, 0.6) is 0 Å². The highest BCUT2D eigenvalue weighted by Crippen LogP contribution is 2.50. The largest absolute Gasteiger partial charge is 0.456 e. The SMILES string of the molecule is c1ccc([PH+](c2ccccc2)c2ccc3c(c2)oc2cc4c5c(cccc5c23)-c2nc3ccccc3nc2-4)cc1. The third kappa shape index (κ3) is 3.10. The summed E-state index contributed by atoms with van der Waals surface area (Å²) < 4.78 is 6.66. The number of aromatic nitrogens is 2. The van der Waals surface area contributed by atoms with E-state index in [1.807, 2.05) is 24.3 Å². The molecule has 1 aliphatic carbocycles. The second-order valence-electron chi connectivity index (χ2n) is 10.4. The lowest BCUT2D eigenvalue weighted by Gasteiger charge is -2.10. The van der Waals surface area contributed by atoms with Crippen LogP contribution in [0.25, 0.3) is 66.3 Å². The van der Waals surface area contributed by atoms with Gasteiger partial charge in [-0.2, -0.15) is 0 Å². The molecule has 0 radical (unpaired) electrons. The Balaban J connectivity index is 1.29. The van der Waals surface area contributed by atoms with Crippen LogP contribution in [0.3, 0.4) is 0 Å². The molecule has 3 nitrogen and oxygen atoms in total. The highest BCUT2D eigenvalue weighted by Gasteiger charge is 2.29. The molecule has 0 amide bonds. The van der Waals surface area contributed by atoms with Crippen LogP contribution in [0.2, 0.25) is 0 Å². The summed E-state index contributed by atoms with van der Waals surface area (Å²) in [6.45, 7) is 0.